The fourth-order valence-corrected chi connectivity index (χ4v) is 1.95. The van der Waals surface area contributed by atoms with Gasteiger partial charge < -0.3 is 24.9 Å². The monoisotopic (exact) mass is 315 g/mol. The lowest BCUT2D eigenvalue weighted by molar-refractivity contribution is -0.140. The number of carbonyl (C=O) groups excluding carboxylic acids is 1. The van der Waals surface area contributed by atoms with Crippen LogP contribution in [0.5, 0.6) is 0 Å². The summed E-state index contributed by atoms with van der Waals surface area (Å²) in [5.41, 5.74) is 1.44. The number of ether oxygens (including phenoxy) is 1. The van der Waals surface area contributed by atoms with Gasteiger partial charge in [0.1, 0.15) is 18.3 Å². The van der Waals surface area contributed by atoms with E-state index in [0.717, 1.165) is 4.57 Å². The molecule has 0 aromatic carbocycles. The van der Waals surface area contributed by atoms with Crippen LogP contribution in [0.1, 0.15) is 19.6 Å². The van der Waals surface area contributed by atoms with Gasteiger partial charge in [0.25, 0.3) is 0 Å². The van der Waals surface area contributed by atoms with E-state index in [-0.39, 0.29) is 12.2 Å². The first kappa shape index (κ1) is 16.4. The molecule has 1 fully saturated rings. The van der Waals surface area contributed by atoms with Crippen LogP contribution in [-0.2, 0) is 14.4 Å². The molecule has 0 amide bonds. The summed E-state index contributed by atoms with van der Waals surface area (Å²) in [5.74, 6) is -0.510. The summed E-state index contributed by atoms with van der Waals surface area (Å²) in [6, 6.07) is 1.33. The second-order valence-electron chi connectivity index (χ2n) is 4.66. The first-order valence-electron chi connectivity index (χ1n) is 6.65. The topological polar surface area (TPSA) is 143 Å². The molecule has 0 aliphatic carbocycles. The molecule has 1 aromatic rings. The van der Waals surface area contributed by atoms with Crippen LogP contribution in [0.3, 0.4) is 0 Å². The highest BCUT2D eigenvalue weighted by molar-refractivity contribution is 5.69. The van der Waals surface area contributed by atoms with Crippen molar-refractivity contribution >= 4 is 11.8 Å². The molecule has 2 rings (SSSR count). The molecule has 1 aliphatic rings. The number of carbonyl (C=O) groups is 1. The van der Waals surface area contributed by atoms with Crippen molar-refractivity contribution < 1.29 is 29.7 Å². The van der Waals surface area contributed by atoms with Gasteiger partial charge in [-0.05, 0) is 0 Å². The zero-order valence-corrected chi connectivity index (χ0v) is 11.7. The fraction of sp³-hybridized carbons (Fsp3) is 0.583. The Morgan fingerprint density at radius 3 is 2.77 bits per heavy atom. The van der Waals surface area contributed by atoms with Gasteiger partial charge in [0, 0.05) is 18.7 Å². The number of aliphatic hydroxyl groups excluding tert-OH is 3. The van der Waals surface area contributed by atoms with Crippen LogP contribution in [0.15, 0.2) is 17.1 Å². The van der Waals surface area contributed by atoms with Crippen molar-refractivity contribution in [2.45, 2.75) is 37.9 Å². The van der Waals surface area contributed by atoms with Crippen LogP contribution in [0.2, 0.25) is 0 Å². The van der Waals surface area contributed by atoms with Crippen LogP contribution in [0.4, 0.5) is 5.82 Å². The van der Waals surface area contributed by atoms with Crippen LogP contribution >= 0.6 is 0 Å². The van der Waals surface area contributed by atoms with Gasteiger partial charge in [0.2, 0.25) is 0 Å². The van der Waals surface area contributed by atoms with Crippen molar-refractivity contribution in [1.29, 1.82) is 0 Å². The van der Waals surface area contributed by atoms with Gasteiger partial charge in [-0.1, -0.05) is 6.92 Å². The molecule has 1 unspecified atom stereocenters. The third-order valence-electron chi connectivity index (χ3n) is 3.18. The Labute approximate surface area is 124 Å². The van der Waals surface area contributed by atoms with Crippen molar-refractivity contribution in [3.8, 4) is 0 Å². The quantitative estimate of drug-likeness (QED) is 0.460. The maximum Gasteiger partial charge on any atom is 0.351 e. The summed E-state index contributed by atoms with van der Waals surface area (Å²) in [4.78, 5) is 31.2. The minimum absolute atomic E-state index is 0.00907. The van der Waals surface area contributed by atoms with Gasteiger partial charge in [-0.15, -0.1) is 0 Å². The molecule has 0 saturated carbocycles. The standard InChI is InChI=1S/C12H17N3O7/c1-2-8(17)22-14-7-3-4-15(12(20)13-7)11-10(19)9(18)6(5-16)21-11/h3-4,6,9-11,16,18-19H,2,5H2,1H3,(H,13,14,20)/t6-,9+,10?,11-/m1/s1. The van der Waals surface area contributed by atoms with Gasteiger partial charge >= 0.3 is 11.7 Å². The highest BCUT2D eigenvalue weighted by Crippen LogP contribution is 2.28. The summed E-state index contributed by atoms with van der Waals surface area (Å²) in [7, 11) is 0. The van der Waals surface area contributed by atoms with E-state index >= 15 is 0 Å². The Hall–Kier alpha value is -2.01. The van der Waals surface area contributed by atoms with Crippen LogP contribution in [-0.4, -0.2) is 55.8 Å². The molecular weight excluding hydrogens is 298 g/mol. The first-order chi connectivity index (χ1) is 10.5. The third-order valence-corrected chi connectivity index (χ3v) is 3.18. The molecule has 122 valence electrons. The lowest BCUT2D eigenvalue weighted by atomic mass is 10.1. The van der Waals surface area contributed by atoms with Crippen molar-refractivity contribution in [3.05, 3.63) is 22.7 Å². The van der Waals surface area contributed by atoms with E-state index < -0.39 is 42.8 Å². The Morgan fingerprint density at radius 2 is 2.23 bits per heavy atom. The molecule has 1 saturated heterocycles. The van der Waals surface area contributed by atoms with Crippen molar-refractivity contribution in [2.24, 2.45) is 0 Å². The Morgan fingerprint density at radius 1 is 1.50 bits per heavy atom. The molecule has 4 N–H and O–H groups in total. The molecule has 0 spiro atoms. The number of nitrogens with zero attached hydrogens (tertiary/aromatic N) is 2. The van der Waals surface area contributed by atoms with Gasteiger partial charge in [-0.2, -0.15) is 4.98 Å². The van der Waals surface area contributed by atoms with Gasteiger partial charge in [-0.3, -0.25) is 4.57 Å². The van der Waals surface area contributed by atoms with Crippen LogP contribution < -0.4 is 11.2 Å². The maximum absolute atomic E-state index is 11.9. The van der Waals surface area contributed by atoms with E-state index in [9.17, 15) is 19.8 Å². The highest BCUT2D eigenvalue weighted by Gasteiger charge is 2.43. The van der Waals surface area contributed by atoms with Gasteiger partial charge in [0.05, 0.1) is 6.61 Å². The zero-order valence-electron chi connectivity index (χ0n) is 11.7. The van der Waals surface area contributed by atoms with Crippen LogP contribution in [0.25, 0.3) is 0 Å². The van der Waals surface area contributed by atoms with E-state index in [1.165, 1.54) is 12.3 Å². The van der Waals surface area contributed by atoms with E-state index in [1.54, 1.807) is 6.92 Å². The molecule has 0 bridgehead atoms. The minimum Gasteiger partial charge on any atom is -0.394 e. The second-order valence-corrected chi connectivity index (χ2v) is 4.66. The first-order valence-corrected chi connectivity index (χ1v) is 6.65. The number of hydrogen-bond acceptors (Lipinski definition) is 9. The smallest absolute Gasteiger partial charge is 0.351 e. The highest BCUT2D eigenvalue weighted by atomic mass is 16.7. The molecule has 10 heteroatoms. The number of rotatable bonds is 5. The summed E-state index contributed by atoms with van der Waals surface area (Å²) < 4.78 is 6.19. The summed E-state index contributed by atoms with van der Waals surface area (Å²) in [5, 5.41) is 28.5. The molecule has 2 heterocycles. The fourth-order valence-electron chi connectivity index (χ4n) is 1.95. The Bertz CT molecular complexity index is 590. The average Bonchev–Trinajstić information content (AvgIpc) is 2.80. The normalized spacial score (nSPS) is 27.6. The summed E-state index contributed by atoms with van der Waals surface area (Å²) in [6.07, 6.45) is -3.43. The molecule has 0 radical (unpaired) electrons. The largest absolute Gasteiger partial charge is 0.394 e. The second kappa shape index (κ2) is 6.83. The van der Waals surface area contributed by atoms with E-state index in [4.69, 9.17) is 9.84 Å². The van der Waals surface area contributed by atoms with Gasteiger partial charge in [0.15, 0.2) is 12.0 Å². The number of aromatic nitrogens is 2. The average molecular weight is 315 g/mol. The Balaban J connectivity index is 2.13. The predicted octanol–water partition coefficient (Wildman–Crippen LogP) is -1.87. The number of nitrogens with one attached hydrogen (secondary N) is 1. The SMILES string of the molecule is CCC(=O)ONc1ccn([C@@H]2O[C@H](CO)[C@H](O)C2O)c(=O)n1. The van der Waals surface area contributed by atoms with E-state index in [1.807, 2.05) is 0 Å². The molecule has 1 aliphatic heterocycles. The number of anilines is 1. The van der Waals surface area contributed by atoms with E-state index in [2.05, 4.69) is 15.3 Å². The Kier molecular flexibility index (Phi) is 5.08. The van der Waals surface area contributed by atoms with Crippen molar-refractivity contribution in [1.82, 2.24) is 9.55 Å². The maximum atomic E-state index is 11.9. The van der Waals surface area contributed by atoms with Crippen molar-refractivity contribution in [3.63, 3.8) is 0 Å². The molecule has 1 aromatic heterocycles. The lowest BCUT2D eigenvalue weighted by Crippen LogP contribution is -2.36. The summed E-state index contributed by atoms with van der Waals surface area (Å²) >= 11 is 0. The third kappa shape index (κ3) is 3.25. The van der Waals surface area contributed by atoms with Crippen molar-refractivity contribution in [2.75, 3.05) is 12.1 Å². The number of hydrogen-bond donors (Lipinski definition) is 4. The molecule has 4 atom stereocenters. The van der Waals surface area contributed by atoms with E-state index in [0.29, 0.717) is 0 Å². The minimum atomic E-state index is -1.38. The lowest BCUT2D eigenvalue weighted by Gasteiger charge is -2.17. The van der Waals surface area contributed by atoms with Gasteiger partial charge in [-0.25, -0.2) is 15.1 Å². The molecular formula is C12H17N3O7. The summed E-state index contributed by atoms with van der Waals surface area (Å²) in [6.45, 7) is 1.11. The molecule has 10 nitrogen and oxygen atoms in total. The molecule has 22 heavy (non-hydrogen) atoms. The predicted molar refractivity (Wildman–Crippen MR) is 71.5 cm³/mol. The van der Waals surface area contributed by atoms with Crippen LogP contribution in [0, 0.1) is 0 Å². The number of aliphatic hydroxyl groups is 3. The zero-order chi connectivity index (χ0) is 16.3.